The van der Waals surface area contributed by atoms with Gasteiger partial charge in [-0.25, -0.2) is 9.97 Å². The van der Waals surface area contributed by atoms with Crippen LogP contribution in [0.2, 0.25) is 0 Å². The third-order valence-corrected chi connectivity index (χ3v) is 11.8. The topological polar surface area (TPSA) is 147 Å². The Hall–Kier alpha value is -6.27. The molecule has 64 heavy (non-hydrogen) atoms. The molecule has 12 nitrogen and oxygen atoms in total. The number of alkyl halides is 1. The zero-order chi connectivity index (χ0) is 46.0. The maximum absolute atomic E-state index is 11.6. The number of carbonyl (C=O) groups excluding carboxylic acids is 1. The van der Waals surface area contributed by atoms with Crippen molar-refractivity contribution in [2.24, 2.45) is 14.1 Å². The Labute approximate surface area is 380 Å². The number of imidazole rings is 2. The predicted octanol–water partition coefficient (Wildman–Crippen LogP) is 10.1. The lowest BCUT2D eigenvalue weighted by Gasteiger charge is -2.32. The molecule has 4 heterocycles. The zero-order valence-corrected chi connectivity index (χ0v) is 38.5. The monoisotopic (exact) mass is 890 g/mol. The molecule has 0 fully saturated rings. The van der Waals surface area contributed by atoms with Crippen LogP contribution < -0.4 is 14.2 Å². The molecule has 2 aliphatic heterocycles. The summed E-state index contributed by atoms with van der Waals surface area (Å²) in [6.07, 6.45) is 11.4. The Kier molecular flexibility index (Phi) is 15.4. The van der Waals surface area contributed by atoms with E-state index in [9.17, 15) is 19.8 Å². The van der Waals surface area contributed by atoms with Crippen LogP contribution in [0.15, 0.2) is 110 Å². The van der Waals surface area contributed by atoms with Gasteiger partial charge in [-0.3, -0.25) is 9.59 Å². The zero-order valence-electron chi connectivity index (χ0n) is 37.7. The minimum Gasteiger partial charge on any atom is -0.508 e. The molecule has 13 heteroatoms. The van der Waals surface area contributed by atoms with Crippen LogP contribution in [-0.4, -0.2) is 59.6 Å². The number of aryl methyl sites for hydroxylation is 4. The number of fused-ring (bicyclic) bond motifs is 2. The summed E-state index contributed by atoms with van der Waals surface area (Å²) < 4.78 is 26.4. The summed E-state index contributed by atoms with van der Waals surface area (Å²) >= 11 is 5.78. The number of carboxylic acids is 1. The van der Waals surface area contributed by atoms with Gasteiger partial charge in [-0.05, 0) is 129 Å². The van der Waals surface area contributed by atoms with Crippen LogP contribution >= 0.6 is 11.6 Å². The van der Waals surface area contributed by atoms with Gasteiger partial charge in [0.2, 0.25) is 0 Å². The van der Waals surface area contributed by atoms with Crippen LogP contribution in [0, 0.1) is 0 Å². The highest BCUT2D eigenvalue weighted by Crippen LogP contribution is 2.36. The summed E-state index contributed by atoms with van der Waals surface area (Å²) in [4.78, 5) is 31.6. The molecule has 4 aromatic carbocycles. The second-order valence-corrected chi connectivity index (χ2v) is 17.7. The van der Waals surface area contributed by atoms with Gasteiger partial charge in [0.15, 0.2) is 0 Å². The quantitative estimate of drug-likeness (QED) is 0.0899. The van der Waals surface area contributed by atoms with E-state index in [1.165, 1.54) is 23.8 Å². The van der Waals surface area contributed by atoms with Gasteiger partial charge >= 0.3 is 11.9 Å². The number of methoxy groups -OCH3 is 1. The van der Waals surface area contributed by atoms with Crippen molar-refractivity contribution in [2.75, 3.05) is 7.11 Å². The minimum absolute atomic E-state index is 0.0148. The molecule has 0 saturated carbocycles. The van der Waals surface area contributed by atoms with E-state index in [1.807, 2.05) is 84.2 Å². The third kappa shape index (κ3) is 12.7. The molecular weight excluding hydrogens is 832 g/mol. The number of ether oxygens (including phenoxy) is 4. The van der Waals surface area contributed by atoms with Crippen molar-refractivity contribution in [3.63, 3.8) is 0 Å². The Bertz CT molecular complexity index is 2490. The van der Waals surface area contributed by atoms with Gasteiger partial charge in [0, 0.05) is 44.8 Å². The van der Waals surface area contributed by atoms with E-state index in [4.69, 9.17) is 30.5 Å². The number of hydrogen-bond donors (Lipinski definition) is 2. The lowest BCUT2D eigenvalue weighted by molar-refractivity contribution is -0.141. The highest BCUT2D eigenvalue weighted by Gasteiger charge is 2.28. The van der Waals surface area contributed by atoms with Crippen LogP contribution in [0.5, 0.6) is 23.0 Å². The molecule has 0 aliphatic carbocycles. The molecule has 0 amide bonds. The number of aliphatic carboxylic acids is 1. The van der Waals surface area contributed by atoms with Crippen molar-refractivity contribution in [3.05, 3.63) is 155 Å². The maximum atomic E-state index is 11.6. The summed E-state index contributed by atoms with van der Waals surface area (Å²) in [5, 5.41) is 18.7. The van der Waals surface area contributed by atoms with E-state index < -0.39 is 5.97 Å². The first-order valence-electron chi connectivity index (χ1n) is 21.5. The smallest absolute Gasteiger partial charge is 0.306 e. The fourth-order valence-corrected chi connectivity index (χ4v) is 8.00. The van der Waals surface area contributed by atoms with Crippen LogP contribution in [0.4, 0.5) is 0 Å². The standard InChI is InChI=1S/C25H28N2O4.C14H16N2O3.C12H15ClO/c1-25(2)11-10-19-14-17(4-9-22(19)31-25)16-30-20-7-5-18(6-8-20)21(15-23(28)29)24-26-12-13-27(24)3;1-16-8-7-15-14(16)12(9-13(18)19-2)10-3-5-11(17)6-4-10;1-12(2)6-5-10-7-9(8-13)3-4-11(10)14-12/h4-9,12-14,21H,10-11,15-16H2,1-3H3,(H,28,29);3-8,12,17H,9H2,1-2H3;3-4,7H,5-6,8H2,1-2H3/t21-;12-;/m00./s1. The first kappa shape index (κ1) is 47.2. The van der Waals surface area contributed by atoms with E-state index >= 15 is 0 Å². The van der Waals surface area contributed by atoms with Crippen molar-refractivity contribution in [2.45, 2.75) is 102 Å². The first-order chi connectivity index (χ1) is 30.5. The van der Waals surface area contributed by atoms with Gasteiger partial charge in [-0.2, -0.15) is 0 Å². The van der Waals surface area contributed by atoms with E-state index in [2.05, 4.69) is 49.8 Å². The van der Waals surface area contributed by atoms with Crippen molar-refractivity contribution < 1.29 is 38.7 Å². The number of hydrogen-bond acceptors (Lipinski definition) is 9. The number of phenolic OH excluding ortho intramolecular Hbond substituents is 1. The molecule has 0 unspecified atom stereocenters. The molecule has 2 aromatic heterocycles. The first-order valence-corrected chi connectivity index (χ1v) is 22.0. The lowest BCUT2D eigenvalue weighted by Crippen LogP contribution is -2.32. The molecule has 0 radical (unpaired) electrons. The fraction of sp³-hybridized carbons (Fsp3) is 0.373. The second kappa shape index (κ2) is 20.9. The van der Waals surface area contributed by atoms with Crippen LogP contribution in [-0.2, 0) is 53.7 Å². The van der Waals surface area contributed by atoms with Crippen LogP contribution in [0.3, 0.4) is 0 Å². The molecule has 2 aliphatic rings. The lowest BCUT2D eigenvalue weighted by atomic mass is 9.93. The highest BCUT2D eigenvalue weighted by atomic mass is 35.5. The van der Waals surface area contributed by atoms with Crippen molar-refractivity contribution >= 4 is 23.5 Å². The van der Waals surface area contributed by atoms with Crippen molar-refractivity contribution in [1.82, 2.24) is 19.1 Å². The largest absolute Gasteiger partial charge is 0.508 e. The van der Waals surface area contributed by atoms with Gasteiger partial charge in [-0.1, -0.05) is 42.5 Å². The average molecular weight is 892 g/mol. The van der Waals surface area contributed by atoms with Crippen LogP contribution in [0.25, 0.3) is 0 Å². The van der Waals surface area contributed by atoms with E-state index in [-0.39, 0.29) is 47.6 Å². The third-order valence-electron chi connectivity index (χ3n) is 11.5. The second-order valence-electron chi connectivity index (χ2n) is 17.5. The van der Waals surface area contributed by atoms with Gasteiger partial charge in [-0.15, -0.1) is 11.6 Å². The number of carbonyl (C=O) groups is 2. The predicted molar refractivity (Wildman–Crippen MR) is 246 cm³/mol. The maximum Gasteiger partial charge on any atom is 0.306 e. The summed E-state index contributed by atoms with van der Waals surface area (Å²) in [6, 6.07) is 26.8. The SMILES string of the molecule is CC1(C)CCc2cc(CCl)ccc2O1.COC(=O)C[C@@H](c1ccc(O)cc1)c1nccn1C.Cn1ccnc1[C@@H](CC(=O)O)c1ccc(OCc2ccc3c(c2)CCC(C)(C)O3)cc1. The number of phenols is 1. The van der Waals surface area contributed by atoms with E-state index in [0.29, 0.717) is 12.5 Å². The number of nitrogens with zero attached hydrogens (tertiary/aromatic N) is 4. The number of aromatic hydroxyl groups is 1. The Balaban J connectivity index is 0.000000175. The highest BCUT2D eigenvalue weighted by molar-refractivity contribution is 6.17. The summed E-state index contributed by atoms with van der Waals surface area (Å²) in [5.41, 5.74) is 6.48. The molecular formula is C51H59ClN4O8. The fourth-order valence-electron chi connectivity index (χ4n) is 7.83. The van der Waals surface area contributed by atoms with E-state index in [0.717, 1.165) is 71.3 Å². The summed E-state index contributed by atoms with van der Waals surface area (Å²) in [7, 11) is 5.13. The van der Waals surface area contributed by atoms with Crippen molar-refractivity contribution in [3.8, 4) is 23.0 Å². The molecule has 0 bridgehead atoms. The van der Waals surface area contributed by atoms with Crippen LogP contribution in [0.1, 0.15) is 110 Å². The molecule has 338 valence electrons. The number of carboxylic acid groups (broad SMARTS) is 1. The Morgan fingerprint density at radius 1 is 0.734 bits per heavy atom. The molecule has 2 N–H and O–H groups in total. The van der Waals surface area contributed by atoms with E-state index in [1.54, 1.807) is 36.7 Å². The minimum atomic E-state index is -0.854. The Morgan fingerprint density at radius 2 is 1.22 bits per heavy atom. The number of aromatic nitrogens is 4. The number of benzene rings is 4. The molecule has 8 rings (SSSR count). The molecule has 0 spiro atoms. The van der Waals surface area contributed by atoms with Gasteiger partial charge in [0.25, 0.3) is 0 Å². The number of esters is 1. The van der Waals surface area contributed by atoms with Gasteiger partial charge in [0.05, 0.1) is 31.8 Å². The molecule has 6 aromatic rings. The number of rotatable bonds is 12. The number of halogens is 1. The normalized spacial score (nSPS) is 15.2. The average Bonchev–Trinajstić information content (AvgIpc) is 3.91. The van der Waals surface area contributed by atoms with Gasteiger partial charge < -0.3 is 38.3 Å². The van der Waals surface area contributed by atoms with Gasteiger partial charge in [0.1, 0.15) is 52.5 Å². The molecule has 0 saturated heterocycles. The van der Waals surface area contributed by atoms with Crippen molar-refractivity contribution in [1.29, 1.82) is 0 Å². The Morgan fingerprint density at radius 3 is 1.69 bits per heavy atom. The molecule has 2 atom stereocenters. The summed E-state index contributed by atoms with van der Waals surface area (Å²) in [6.45, 7) is 8.96. The summed E-state index contributed by atoms with van der Waals surface area (Å²) in [5.74, 6) is 3.38.